The summed E-state index contributed by atoms with van der Waals surface area (Å²) in [5, 5.41) is 0.236. The topological polar surface area (TPSA) is 25.8 Å². The van der Waals surface area contributed by atoms with E-state index in [2.05, 4.69) is 9.97 Å². The van der Waals surface area contributed by atoms with Gasteiger partial charge in [0.15, 0.2) is 5.82 Å². The summed E-state index contributed by atoms with van der Waals surface area (Å²) in [6.45, 7) is 0. The number of fused-ring (bicyclic) bond motifs is 1. The lowest BCUT2D eigenvalue weighted by Gasteiger charge is -2.15. The number of hydrogen-bond donors (Lipinski definition) is 0. The molecule has 0 saturated heterocycles. The lowest BCUT2D eigenvalue weighted by molar-refractivity contribution is -0.141. The van der Waals surface area contributed by atoms with Crippen LogP contribution < -0.4 is 0 Å². The number of rotatable bonds is 1. The van der Waals surface area contributed by atoms with Gasteiger partial charge in [-0.15, -0.1) is 0 Å². The van der Waals surface area contributed by atoms with Gasteiger partial charge in [0, 0.05) is 10.9 Å². The average Bonchev–Trinajstić information content (AvgIpc) is 2.52. The second-order valence-electron chi connectivity index (χ2n) is 5.11. The Morgan fingerprint density at radius 1 is 0.800 bits per heavy atom. The molecular formula is C16H7ClF6N2. The predicted octanol–water partition coefficient (Wildman–Crippen LogP) is 5.99. The first-order valence-electron chi connectivity index (χ1n) is 6.78. The second kappa shape index (κ2) is 5.87. The minimum atomic E-state index is -4.87. The van der Waals surface area contributed by atoms with Crippen molar-refractivity contribution >= 4 is 22.5 Å². The van der Waals surface area contributed by atoms with E-state index in [9.17, 15) is 26.3 Å². The molecule has 0 aliphatic heterocycles. The van der Waals surface area contributed by atoms with E-state index in [1.165, 1.54) is 6.07 Å². The number of alkyl halides is 6. The number of nitrogens with zero attached hydrogens (tertiary/aromatic N) is 2. The maximum atomic E-state index is 13.2. The van der Waals surface area contributed by atoms with E-state index in [-0.39, 0.29) is 10.7 Å². The van der Waals surface area contributed by atoms with E-state index < -0.39 is 34.9 Å². The summed E-state index contributed by atoms with van der Waals surface area (Å²) < 4.78 is 78.3. The molecule has 0 unspecified atom stereocenters. The lowest BCUT2D eigenvalue weighted by Crippen LogP contribution is -2.12. The molecule has 0 aliphatic carbocycles. The first kappa shape index (κ1) is 17.5. The molecule has 0 bridgehead atoms. The van der Waals surface area contributed by atoms with Crippen molar-refractivity contribution in [2.24, 2.45) is 0 Å². The lowest BCUT2D eigenvalue weighted by atomic mass is 10.0. The first-order valence-corrected chi connectivity index (χ1v) is 7.16. The van der Waals surface area contributed by atoms with Crippen molar-refractivity contribution in [1.29, 1.82) is 0 Å². The van der Waals surface area contributed by atoms with Crippen LogP contribution in [-0.2, 0) is 12.4 Å². The number of para-hydroxylation sites is 1. The zero-order valence-corrected chi connectivity index (χ0v) is 12.8. The molecule has 1 aromatic heterocycles. The highest BCUT2D eigenvalue weighted by Crippen LogP contribution is 2.40. The van der Waals surface area contributed by atoms with Gasteiger partial charge in [0.05, 0.1) is 16.6 Å². The molecule has 0 atom stereocenters. The van der Waals surface area contributed by atoms with E-state index in [1.807, 2.05) is 0 Å². The van der Waals surface area contributed by atoms with Gasteiger partial charge in [0.2, 0.25) is 0 Å². The van der Waals surface area contributed by atoms with Crippen LogP contribution in [0.5, 0.6) is 0 Å². The summed E-state index contributed by atoms with van der Waals surface area (Å²) in [4.78, 5) is 7.70. The van der Waals surface area contributed by atoms with Gasteiger partial charge in [-0.2, -0.15) is 26.3 Å². The summed E-state index contributed by atoms with van der Waals surface area (Å²) >= 11 is 5.95. The Bertz CT molecular complexity index is 949. The summed E-state index contributed by atoms with van der Waals surface area (Å²) in [5.41, 5.74) is -3.06. The number of benzene rings is 2. The third kappa shape index (κ3) is 3.39. The Morgan fingerprint density at radius 3 is 2.12 bits per heavy atom. The van der Waals surface area contributed by atoms with Crippen LogP contribution in [0.15, 0.2) is 42.5 Å². The molecule has 0 radical (unpaired) electrons. The third-order valence-electron chi connectivity index (χ3n) is 3.45. The van der Waals surface area contributed by atoms with Gasteiger partial charge in [-0.1, -0.05) is 23.7 Å². The minimum Gasteiger partial charge on any atom is -0.228 e. The van der Waals surface area contributed by atoms with Crippen molar-refractivity contribution in [1.82, 2.24) is 9.97 Å². The molecule has 130 valence electrons. The molecule has 0 saturated carbocycles. The molecule has 0 amide bonds. The fourth-order valence-electron chi connectivity index (χ4n) is 2.31. The van der Waals surface area contributed by atoms with Gasteiger partial charge in [-0.3, -0.25) is 0 Å². The van der Waals surface area contributed by atoms with Crippen molar-refractivity contribution in [2.45, 2.75) is 12.4 Å². The molecule has 0 N–H and O–H groups in total. The van der Waals surface area contributed by atoms with E-state index in [1.54, 1.807) is 18.2 Å². The van der Waals surface area contributed by atoms with Crippen molar-refractivity contribution in [3.63, 3.8) is 0 Å². The van der Waals surface area contributed by atoms with E-state index in [4.69, 9.17) is 11.6 Å². The quantitative estimate of drug-likeness (QED) is 0.385. The van der Waals surface area contributed by atoms with E-state index in [0.717, 1.165) is 0 Å². The van der Waals surface area contributed by atoms with Crippen molar-refractivity contribution in [2.75, 3.05) is 0 Å². The standard InChI is InChI=1S/C16H7ClF6N2/c17-13-9-3-1-2-4-12(9)24-14(25-13)10-7-8(15(18,19)20)5-6-11(10)16(21,22)23/h1-7H. The van der Waals surface area contributed by atoms with E-state index in [0.29, 0.717) is 23.6 Å². The van der Waals surface area contributed by atoms with Crippen LogP contribution in [0.2, 0.25) is 5.15 Å². The minimum absolute atomic E-state index is 0.147. The Balaban J connectivity index is 2.31. The normalized spacial score (nSPS) is 12.6. The highest BCUT2D eigenvalue weighted by molar-refractivity contribution is 6.34. The zero-order valence-electron chi connectivity index (χ0n) is 12.1. The Hall–Kier alpha value is -2.35. The molecule has 2 aromatic carbocycles. The van der Waals surface area contributed by atoms with Crippen LogP contribution in [-0.4, -0.2) is 9.97 Å². The summed E-state index contributed by atoms with van der Waals surface area (Å²) in [6, 6.07) is 7.35. The first-order chi connectivity index (χ1) is 11.6. The Labute approximate surface area is 142 Å². The largest absolute Gasteiger partial charge is 0.417 e. The molecule has 0 aliphatic rings. The highest BCUT2D eigenvalue weighted by Gasteiger charge is 2.38. The van der Waals surface area contributed by atoms with Crippen LogP contribution in [0.4, 0.5) is 26.3 Å². The molecule has 2 nitrogen and oxygen atoms in total. The van der Waals surface area contributed by atoms with Crippen LogP contribution >= 0.6 is 11.6 Å². The molecule has 3 aromatic rings. The number of halogens is 7. The predicted molar refractivity (Wildman–Crippen MR) is 80.0 cm³/mol. The van der Waals surface area contributed by atoms with Crippen molar-refractivity contribution in [3.05, 3.63) is 58.7 Å². The van der Waals surface area contributed by atoms with Gasteiger partial charge in [-0.25, -0.2) is 9.97 Å². The van der Waals surface area contributed by atoms with Crippen LogP contribution in [0.1, 0.15) is 11.1 Å². The van der Waals surface area contributed by atoms with Crippen molar-refractivity contribution in [3.8, 4) is 11.4 Å². The fourth-order valence-corrected chi connectivity index (χ4v) is 2.55. The molecule has 1 heterocycles. The zero-order chi connectivity index (χ0) is 18.4. The van der Waals surface area contributed by atoms with Crippen LogP contribution in [0.3, 0.4) is 0 Å². The molecule has 0 spiro atoms. The third-order valence-corrected chi connectivity index (χ3v) is 3.74. The van der Waals surface area contributed by atoms with Gasteiger partial charge < -0.3 is 0 Å². The summed E-state index contributed by atoms with van der Waals surface area (Å²) in [7, 11) is 0. The fraction of sp³-hybridized carbons (Fsp3) is 0.125. The smallest absolute Gasteiger partial charge is 0.228 e. The molecule has 9 heteroatoms. The number of aromatic nitrogens is 2. The van der Waals surface area contributed by atoms with Gasteiger partial charge >= 0.3 is 12.4 Å². The maximum absolute atomic E-state index is 13.2. The average molecular weight is 377 g/mol. The molecular weight excluding hydrogens is 370 g/mol. The van der Waals surface area contributed by atoms with Crippen LogP contribution in [0.25, 0.3) is 22.3 Å². The van der Waals surface area contributed by atoms with Gasteiger partial charge in [0.1, 0.15) is 5.15 Å². The summed E-state index contributed by atoms with van der Waals surface area (Å²) in [6.07, 6.45) is -9.68. The SMILES string of the molecule is FC(F)(F)c1ccc(C(F)(F)F)c(-c2nc(Cl)c3ccccc3n2)c1. The van der Waals surface area contributed by atoms with E-state index >= 15 is 0 Å². The van der Waals surface area contributed by atoms with Gasteiger partial charge in [-0.05, 0) is 30.3 Å². The monoisotopic (exact) mass is 376 g/mol. The number of hydrogen-bond acceptors (Lipinski definition) is 2. The highest BCUT2D eigenvalue weighted by atomic mass is 35.5. The molecule has 3 rings (SSSR count). The Kier molecular flexibility index (Phi) is 4.10. The molecule has 0 fully saturated rings. The summed E-state index contributed by atoms with van der Waals surface area (Å²) in [5.74, 6) is -0.526. The molecule has 25 heavy (non-hydrogen) atoms. The Morgan fingerprint density at radius 2 is 1.48 bits per heavy atom. The van der Waals surface area contributed by atoms with Crippen LogP contribution in [0, 0.1) is 0 Å². The van der Waals surface area contributed by atoms with Gasteiger partial charge in [0.25, 0.3) is 0 Å². The van der Waals surface area contributed by atoms with Crippen molar-refractivity contribution < 1.29 is 26.3 Å². The second-order valence-corrected chi connectivity index (χ2v) is 5.47. The maximum Gasteiger partial charge on any atom is 0.417 e.